The molecular weight excluding hydrogens is 470 g/mol. The number of ether oxygens (including phenoxy) is 1. The van der Waals surface area contributed by atoms with Gasteiger partial charge in [0.2, 0.25) is 0 Å². The van der Waals surface area contributed by atoms with E-state index in [4.69, 9.17) is 4.74 Å². The summed E-state index contributed by atoms with van der Waals surface area (Å²) < 4.78 is 32.2. The second-order valence-corrected chi connectivity index (χ2v) is 10.5. The molecule has 6 heteroatoms. The molecule has 0 bridgehead atoms. The quantitative estimate of drug-likeness (QED) is 0.338. The third-order valence-electron chi connectivity index (χ3n) is 8.56. The van der Waals surface area contributed by atoms with Crippen LogP contribution in [-0.4, -0.2) is 48.7 Å². The van der Waals surface area contributed by atoms with Crippen molar-refractivity contribution in [1.29, 1.82) is 0 Å². The highest BCUT2D eigenvalue weighted by Crippen LogP contribution is 2.53. The van der Waals surface area contributed by atoms with Crippen molar-refractivity contribution in [2.24, 2.45) is 0 Å². The fraction of sp³-hybridized carbons (Fsp3) is 0.387. The molecule has 6 rings (SSSR count). The van der Waals surface area contributed by atoms with Gasteiger partial charge >= 0.3 is 6.09 Å². The van der Waals surface area contributed by atoms with Crippen molar-refractivity contribution < 1.29 is 18.3 Å². The molecule has 1 atom stereocenters. The Morgan fingerprint density at radius 1 is 0.811 bits per heavy atom. The molecule has 2 saturated heterocycles. The molecule has 2 heterocycles. The van der Waals surface area contributed by atoms with Crippen LogP contribution in [0.4, 0.5) is 13.6 Å². The number of nitrogens with zero attached hydrogens (tertiary/aromatic N) is 2. The van der Waals surface area contributed by atoms with E-state index in [9.17, 15) is 13.6 Å². The monoisotopic (exact) mass is 502 g/mol. The van der Waals surface area contributed by atoms with Gasteiger partial charge in [0, 0.05) is 12.0 Å². The Kier molecular flexibility index (Phi) is 6.45. The van der Waals surface area contributed by atoms with Gasteiger partial charge in [-0.3, -0.25) is 4.90 Å². The van der Waals surface area contributed by atoms with E-state index in [0.29, 0.717) is 12.1 Å². The zero-order valence-electron chi connectivity index (χ0n) is 21.0. The van der Waals surface area contributed by atoms with Gasteiger partial charge in [-0.05, 0) is 85.3 Å². The summed E-state index contributed by atoms with van der Waals surface area (Å²) in [5.74, 6) is -1.78. The maximum atomic E-state index is 13.7. The largest absolute Gasteiger partial charge is 0.447 e. The molecule has 3 aromatic carbocycles. The van der Waals surface area contributed by atoms with Crippen molar-refractivity contribution in [2.45, 2.75) is 43.6 Å². The Hall–Kier alpha value is -3.25. The van der Waals surface area contributed by atoms with Gasteiger partial charge in [0.1, 0.15) is 6.61 Å². The third kappa shape index (κ3) is 4.31. The van der Waals surface area contributed by atoms with Gasteiger partial charge in [0.05, 0.1) is 6.04 Å². The predicted molar refractivity (Wildman–Crippen MR) is 139 cm³/mol. The molecule has 1 amide bonds. The fourth-order valence-corrected chi connectivity index (χ4v) is 6.60. The molecule has 3 aliphatic rings. The summed E-state index contributed by atoms with van der Waals surface area (Å²) in [6.45, 7) is 3.94. The van der Waals surface area contributed by atoms with Crippen LogP contribution < -0.4 is 0 Å². The number of unbranched alkanes of at least 4 members (excludes halogenated alkanes) is 2. The van der Waals surface area contributed by atoms with Crippen LogP contribution in [0, 0.1) is 11.6 Å². The van der Waals surface area contributed by atoms with E-state index in [1.54, 1.807) is 4.90 Å². The van der Waals surface area contributed by atoms with Gasteiger partial charge in [-0.25, -0.2) is 13.6 Å². The number of halogens is 2. The number of fused-ring (bicyclic) bond motifs is 5. The van der Waals surface area contributed by atoms with Gasteiger partial charge in [0.15, 0.2) is 11.6 Å². The molecule has 1 aliphatic carbocycles. The lowest BCUT2D eigenvalue weighted by molar-refractivity contribution is 0.156. The Morgan fingerprint density at radius 2 is 1.46 bits per heavy atom. The summed E-state index contributed by atoms with van der Waals surface area (Å²) in [6, 6.07) is 21.3. The van der Waals surface area contributed by atoms with Gasteiger partial charge in [-0.15, -0.1) is 0 Å². The Balaban J connectivity index is 1.00. The summed E-state index contributed by atoms with van der Waals surface area (Å²) in [6.07, 6.45) is 4.81. The van der Waals surface area contributed by atoms with Crippen molar-refractivity contribution in [3.05, 3.63) is 95.1 Å². The Bertz CT molecular complexity index is 1250. The molecule has 37 heavy (non-hydrogen) atoms. The van der Waals surface area contributed by atoms with Crippen LogP contribution in [0.25, 0.3) is 11.1 Å². The van der Waals surface area contributed by atoms with Crippen molar-refractivity contribution in [2.75, 3.05) is 32.8 Å². The van der Waals surface area contributed by atoms with Crippen LogP contribution >= 0.6 is 0 Å². The first-order valence-electron chi connectivity index (χ1n) is 13.4. The highest BCUT2D eigenvalue weighted by Gasteiger charge is 2.44. The van der Waals surface area contributed by atoms with Crippen molar-refractivity contribution in [3.8, 4) is 11.1 Å². The third-order valence-corrected chi connectivity index (χ3v) is 8.56. The first-order chi connectivity index (χ1) is 18.1. The Labute approximate surface area is 216 Å². The van der Waals surface area contributed by atoms with Gasteiger partial charge in [-0.1, -0.05) is 61.0 Å². The van der Waals surface area contributed by atoms with Crippen LogP contribution in [0.5, 0.6) is 0 Å². The zero-order valence-corrected chi connectivity index (χ0v) is 21.0. The van der Waals surface area contributed by atoms with Crippen LogP contribution in [0.2, 0.25) is 0 Å². The van der Waals surface area contributed by atoms with Crippen LogP contribution in [0.3, 0.4) is 0 Å². The number of amides is 1. The Morgan fingerprint density at radius 3 is 2.14 bits per heavy atom. The minimum atomic E-state index is -0.898. The first-order valence-corrected chi connectivity index (χ1v) is 13.4. The molecular formula is C31H32F2N2O2. The number of carbonyl (C=O) groups is 1. The van der Waals surface area contributed by atoms with Gasteiger partial charge in [0.25, 0.3) is 0 Å². The van der Waals surface area contributed by atoms with E-state index in [2.05, 4.69) is 53.4 Å². The lowest BCUT2D eigenvalue weighted by Gasteiger charge is -2.41. The second kappa shape index (κ2) is 9.90. The average Bonchev–Trinajstić information content (AvgIpc) is 3.42. The molecule has 0 saturated carbocycles. The number of benzene rings is 3. The molecule has 1 spiro atoms. The number of hydrogen-bond donors (Lipinski definition) is 0. The van der Waals surface area contributed by atoms with E-state index in [1.165, 1.54) is 34.4 Å². The van der Waals surface area contributed by atoms with Crippen molar-refractivity contribution in [3.63, 3.8) is 0 Å². The minimum absolute atomic E-state index is 0.134. The molecule has 192 valence electrons. The fourth-order valence-electron chi connectivity index (χ4n) is 6.60. The molecule has 2 aliphatic heterocycles. The number of rotatable bonds is 7. The van der Waals surface area contributed by atoms with Crippen LogP contribution in [0.15, 0.2) is 66.7 Å². The molecule has 0 radical (unpaired) electrons. The lowest BCUT2D eigenvalue weighted by atomic mass is 9.71. The number of cyclic esters (lactones) is 1. The summed E-state index contributed by atoms with van der Waals surface area (Å²) in [5.41, 5.74) is 6.48. The van der Waals surface area contributed by atoms with Gasteiger partial charge < -0.3 is 9.64 Å². The lowest BCUT2D eigenvalue weighted by Crippen LogP contribution is -2.42. The predicted octanol–water partition coefficient (Wildman–Crippen LogP) is 6.69. The normalized spacial score (nSPS) is 20.2. The topological polar surface area (TPSA) is 32.8 Å². The maximum Gasteiger partial charge on any atom is 0.410 e. The van der Waals surface area contributed by atoms with E-state index in [1.807, 2.05) is 0 Å². The summed E-state index contributed by atoms with van der Waals surface area (Å²) >= 11 is 0. The molecule has 0 N–H and O–H groups in total. The van der Waals surface area contributed by atoms with E-state index < -0.39 is 11.6 Å². The summed E-state index contributed by atoms with van der Waals surface area (Å²) in [4.78, 5) is 16.5. The maximum absolute atomic E-state index is 13.7. The van der Waals surface area contributed by atoms with Gasteiger partial charge in [-0.2, -0.15) is 0 Å². The number of likely N-dealkylation sites (tertiary alicyclic amines) is 1. The number of piperidine rings is 1. The van der Waals surface area contributed by atoms with E-state index in [-0.39, 0.29) is 24.2 Å². The standard InChI is InChI=1S/C31H32F2N2O2/c32-27-13-12-22(20-28(27)33)29-21-37-30(36)35(29)17-7-1-6-16-34-18-14-31(15-19-34)25-10-4-2-8-23(25)24-9-3-5-11-26(24)31/h2-5,8-13,20,29H,1,6-7,14-19,21H2/t29-/m1/s1. The zero-order chi connectivity index (χ0) is 25.4. The summed E-state index contributed by atoms with van der Waals surface area (Å²) in [5, 5.41) is 0. The first kappa shape index (κ1) is 24.1. The average molecular weight is 503 g/mol. The minimum Gasteiger partial charge on any atom is -0.447 e. The van der Waals surface area contributed by atoms with Crippen molar-refractivity contribution in [1.82, 2.24) is 9.80 Å². The SMILES string of the molecule is O=C1OC[C@H](c2ccc(F)c(F)c2)N1CCCCCN1CCC2(CC1)c1ccccc1-c1ccccc12. The molecule has 0 aromatic heterocycles. The van der Waals surface area contributed by atoms with Crippen molar-refractivity contribution >= 4 is 6.09 Å². The van der Waals surface area contributed by atoms with Crippen LogP contribution in [0.1, 0.15) is 54.8 Å². The molecule has 3 aromatic rings. The number of hydrogen-bond acceptors (Lipinski definition) is 3. The number of carbonyl (C=O) groups excluding carboxylic acids is 1. The molecule has 4 nitrogen and oxygen atoms in total. The molecule has 0 unspecified atom stereocenters. The van der Waals surface area contributed by atoms with E-state index >= 15 is 0 Å². The second-order valence-electron chi connectivity index (χ2n) is 10.5. The van der Waals surface area contributed by atoms with Crippen LogP contribution in [-0.2, 0) is 10.2 Å². The smallest absolute Gasteiger partial charge is 0.410 e. The highest BCUT2D eigenvalue weighted by atomic mass is 19.2. The molecule has 2 fully saturated rings. The van der Waals surface area contributed by atoms with E-state index in [0.717, 1.165) is 57.8 Å². The summed E-state index contributed by atoms with van der Waals surface area (Å²) in [7, 11) is 0. The highest BCUT2D eigenvalue weighted by molar-refractivity contribution is 5.81.